The molecule has 2 aromatic rings. The quantitative estimate of drug-likeness (QED) is 0.809. The third-order valence-electron chi connectivity index (χ3n) is 7.96. The number of likely N-dealkylation sites (tertiary alicyclic amines) is 1. The van der Waals surface area contributed by atoms with E-state index in [0.717, 1.165) is 50.9 Å². The summed E-state index contributed by atoms with van der Waals surface area (Å²) < 4.78 is 1.92. The Morgan fingerprint density at radius 2 is 1.93 bits per heavy atom. The number of carbonyl (C=O) groups excluding carboxylic acids is 1. The molecule has 3 fully saturated rings. The highest BCUT2D eigenvalue weighted by Gasteiger charge is 2.66. The number of aryl methyl sites for hydroxylation is 2. The van der Waals surface area contributed by atoms with Gasteiger partial charge in [0, 0.05) is 43.4 Å². The van der Waals surface area contributed by atoms with E-state index in [0.29, 0.717) is 23.9 Å². The van der Waals surface area contributed by atoms with Crippen LogP contribution >= 0.6 is 0 Å². The smallest absolute Gasteiger partial charge is 0.243 e. The van der Waals surface area contributed by atoms with Crippen molar-refractivity contribution >= 4 is 5.91 Å². The zero-order valence-corrected chi connectivity index (χ0v) is 16.8. The number of aromatic nitrogens is 2. The molecule has 6 rings (SSSR count). The first-order valence-electron chi connectivity index (χ1n) is 10.7. The first-order chi connectivity index (χ1) is 13.6. The van der Waals surface area contributed by atoms with Gasteiger partial charge in [-0.05, 0) is 56.7 Å². The van der Waals surface area contributed by atoms with Crippen molar-refractivity contribution in [3.8, 4) is 0 Å². The van der Waals surface area contributed by atoms with Crippen LogP contribution in [0, 0.1) is 12.8 Å². The SMILES string of the molecule is Cc1nn(C)cc1[C@@H]1C[C@H]2CN(C3Cc4ccccc4C3)C(=O)[C@]23CCCN13. The number of benzene rings is 1. The highest BCUT2D eigenvalue weighted by molar-refractivity contribution is 5.90. The van der Waals surface area contributed by atoms with Crippen LogP contribution in [0.3, 0.4) is 0 Å². The molecule has 4 heterocycles. The topological polar surface area (TPSA) is 41.4 Å². The molecule has 1 spiro atoms. The molecule has 5 heteroatoms. The van der Waals surface area contributed by atoms with Crippen molar-refractivity contribution in [1.82, 2.24) is 19.6 Å². The van der Waals surface area contributed by atoms with E-state index in [2.05, 4.69) is 52.3 Å². The van der Waals surface area contributed by atoms with Gasteiger partial charge in [0.25, 0.3) is 0 Å². The second-order valence-corrected chi connectivity index (χ2v) is 9.30. The molecule has 28 heavy (non-hydrogen) atoms. The molecule has 0 bridgehead atoms. The summed E-state index contributed by atoms with van der Waals surface area (Å²) in [5.41, 5.74) is 5.06. The van der Waals surface area contributed by atoms with E-state index in [1.807, 2.05) is 11.7 Å². The molecular weight excluding hydrogens is 348 g/mol. The highest BCUT2D eigenvalue weighted by Crippen LogP contribution is 2.56. The lowest BCUT2D eigenvalue weighted by atomic mass is 9.85. The summed E-state index contributed by atoms with van der Waals surface area (Å²) in [6.07, 6.45) is 7.47. The van der Waals surface area contributed by atoms with Crippen LogP contribution in [0.4, 0.5) is 0 Å². The fourth-order valence-electron chi connectivity index (χ4n) is 6.84. The molecule has 1 aliphatic carbocycles. The van der Waals surface area contributed by atoms with Crippen molar-refractivity contribution in [2.45, 2.75) is 56.7 Å². The van der Waals surface area contributed by atoms with E-state index in [1.54, 1.807) is 0 Å². The van der Waals surface area contributed by atoms with Crippen LogP contribution < -0.4 is 0 Å². The van der Waals surface area contributed by atoms with Crippen LogP contribution in [-0.4, -0.2) is 50.2 Å². The summed E-state index contributed by atoms with van der Waals surface area (Å²) in [5.74, 6) is 0.868. The van der Waals surface area contributed by atoms with Gasteiger partial charge in [0.05, 0.1) is 5.69 Å². The number of nitrogens with zero attached hydrogens (tertiary/aromatic N) is 4. The lowest BCUT2D eigenvalue weighted by Gasteiger charge is -2.34. The Morgan fingerprint density at radius 3 is 2.61 bits per heavy atom. The molecule has 146 valence electrons. The normalized spacial score (nSPS) is 32.2. The molecule has 4 aliphatic rings. The summed E-state index contributed by atoms with van der Waals surface area (Å²) in [7, 11) is 2.00. The highest BCUT2D eigenvalue weighted by atomic mass is 16.2. The zero-order chi connectivity index (χ0) is 19.0. The standard InChI is InChI=1S/C23H28N4O/c1-15-20(14-25(2)24-15)21-12-18-13-26(22(28)23(18)8-5-9-27(21)23)19-10-16-6-3-4-7-17(16)11-19/h3-4,6-7,14,18-19,21H,5,8-13H2,1-2H3/t18-,21-,23-/m0/s1. The number of carbonyl (C=O) groups is 1. The second kappa shape index (κ2) is 5.69. The fourth-order valence-corrected chi connectivity index (χ4v) is 6.84. The van der Waals surface area contributed by atoms with Crippen LogP contribution in [0.2, 0.25) is 0 Å². The minimum absolute atomic E-state index is 0.248. The van der Waals surface area contributed by atoms with Crippen LogP contribution in [0.25, 0.3) is 0 Å². The summed E-state index contributed by atoms with van der Waals surface area (Å²) in [5, 5.41) is 4.58. The predicted molar refractivity (Wildman–Crippen MR) is 107 cm³/mol. The van der Waals surface area contributed by atoms with Gasteiger partial charge in [-0.15, -0.1) is 0 Å². The minimum Gasteiger partial charge on any atom is -0.337 e. The molecule has 3 aliphatic heterocycles. The average Bonchev–Trinajstić information content (AvgIpc) is 3.43. The summed E-state index contributed by atoms with van der Waals surface area (Å²) in [4.78, 5) is 18.7. The number of hydrogen-bond acceptors (Lipinski definition) is 3. The molecule has 0 N–H and O–H groups in total. The van der Waals surface area contributed by atoms with Crippen LogP contribution in [0.5, 0.6) is 0 Å². The molecule has 1 aromatic carbocycles. The van der Waals surface area contributed by atoms with Gasteiger partial charge in [0.2, 0.25) is 5.91 Å². The van der Waals surface area contributed by atoms with Gasteiger partial charge in [-0.1, -0.05) is 24.3 Å². The molecule has 0 saturated carbocycles. The molecular formula is C23H28N4O. The van der Waals surface area contributed by atoms with Crippen LogP contribution in [0.15, 0.2) is 30.5 Å². The maximum absolute atomic E-state index is 13.9. The Hall–Kier alpha value is -2.14. The number of amides is 1. The summed E-state index contributed by atoms with van der Waals surface area (Å²) in [6, 6.07) is 9.43. The molecule has 1 aromatic heterocycles. The minimum atomic E-state index is -0.248. The Bertz CT molecular complexity index is 940. The van der Waals surface area contributed by atoms with Gasteiger partial charge in [0.15, 0.2) is 0 Å². The van der Waals surface area contributed by atoms with Crippen molar-refractivity contribution in [3.05, 3.63) is 52.8 Å². The van der Waals surface area contributed by atoms with E-state index >= 15 is 0 Å². The molecule has 5 nitrogen and oxygen atoms in total. The Morgan fingerprint density at radius 1 is 1.18 bits per heavy atom. The van der Waals surface area contributed by atoms with Crippen molar-refractivity contribution in [2.24, 2.45) is 13.0 Å². The fraction of sp³-hybridized carbons (Fsp3) is 0.565. The van der Waals surface area contributed by atoms with E-state index in [9.17, 15) is 4.79 Å². The van der Waals surface area contributed by atoms with Crippen LogP contribution in [-0.2, 0) is 24.7 Å². The first-order valence-corrected chi connectivity index (χ1v) is 10.7. The van der Waals surface area contributed by atoms with Crippen LogP contribution in [0.1, 0.15) is 47.7 Å². The largest absolute Gasteiger partial charge is 0.337 e. The van der Waals surface area contributed by atoms with Crippen molar-refractivity contribution in [2.75, 3.05) is 13.1 Å². The van der Waals surface area contributed by atoms with Crippen molar-refractivity contribution in [1.29, 1.82) is 0 Å². The van der Waals surface area contributed by atoms with E-state index in [1.165, 1.54) is 16.7 Å². The van der Waals surface area contributed by atoms with Gasteiger partial charge in [0.1, 0.15) is 5.54 Å². The average molecular weight is 377 g/mol. The third-order valence-corrected chi connectivity index (χ3v) is 7.96. The van der Waals surface area contributed by atoms with Crippen molar-refractivity contribution < 1.29 is 4.79 Å². The summed E-state index contributed by atoms with van der Waals surface area (Å²) >= 11 is 0. The Kier molecular flexibility index (Phi) is 3.41. The van der Waals surface area contributed by atoms with Gasteiger partial charge in [-0.25, -0.2) is 0 Å². The van der Waals surface area contributed by atoms with Gasteiger partial charge < -0.3 is 4.90 Å². The molecule has 0 unspecified atom stereocenters. The number of rotatable bonds is 2. The molecule has 3 atom stereocenters. The lowest BCUT2D eigenvalue weighted by Crippen LogP contribution is -2.51. The molecule has 3 saturated heterocycles. The Labute approximate surface area is 166 Å². The van der Waals surface area contributed by atoms with E-state index in [-0.39, 0.29) is 5.54 Å². The molecule has 0 radical (unpaired) electrons. The second-order valence-electron chi connectivity index (χ2n) is 9.30. The summed E-state index contributed by atoms with van der Waals surface area (Å²) in [6.45, 7) is 4.08. The van der Waals surface area contributed by atoms with E-state index in [4.69, 9.17) is 0 Å². The first kappa shape index (κ1) is 16.8. The van der Waals surface area contributed by atoms with Gasteiger partial charge >= 0.3 is 0 Å². The Balaban J connectivity index is 1.31. The number of hydrogen-bond donors (Lipinski definition) is 0. The monoisotopic (exact) mass is 376 g/mol. The third kappa shape index (κ3) is 2.06. The molecule has 1 amide bonds. The lowest BCUT2D eigenvalue weighted by molar-refractivity contribution is -0.138. The maximum Gasteiger partial charge on any atom is 0.243 e. The predicted octanol–water partition coefficient (Wildman–Crippen LogP) is 2.63. The van der Waals surface area contributed by atoms with E-state index < -0.39 is 0 Å². The van der Waals surface area contributed by atoms with Crippen molar-refractivity contribution in [3.63, 3.8) is 0 Å². The van der Waals surface area contributed by atoms with Gasteiger partial charge in [-0.3, -0.25) is 14.4 Å². The maximum atomic E-state index is 13.9. The number of fused-ring (bicyclic) bond motifs is 1. The zero-order valence-electron chi connectivity index (χ0n) is 16.8. The van der Waals surface area contributed by atoms with Gasteiger partial charge in [-0.2, -0.15) is 5.10 Å².